The van der Waals surface area contributed by atoms with Crippen molar-refractivity contribution < 1.29 is 0 Å². The van der Waals surface area contributed by atoms with Crippen LogP contribution in [-0.2, 0) is 6.42 Å². The van der Waals surface area contributed by atoms with Crippen molar-refractivity contribution in [1.29, 1.82) is 0 Å². The molecule has 1 heterocycles. The van der Waals surface area contributed by atoms with Gasteiger partial charge in [0.1, 0.15) is 0 Å². The molecule has 0 radical (unpaired) electrons. The fourth-order valence-corrected chi connectivity index (χ4v) is 4.83. The molecule has 0 fully saturated rings. The molecule has 27 heavy (non-hydrogen) atoms. The normalized spacial score (nSPS) is 20.8. The maximum atomic E-state index is 6.63. The van der Waals surface area contributed by atoms with Gasteiger partial charge < -0.3 is 0 Å². The van der Waals surface area contributed by atoms with E-state index < -0.39 is 0 Å². The van der Waals surface area contributed by atoms with Crippen LogP contribution >= 0.6 is 23.2 Å². The molecule has 4 heteroatoms. The average molecular weight is 393 g/mol. The Hall–Kier alpha value is -2.29. The van der Waals surface area contributed by atoms with Crippen LogP contribution in [0.5, 0.6) is 0 Å². The van der Waals surface area contributed by atoms with Gasteiger partial charge in [0.05, 0.1) is 17.4 Å². The Labute approximate surface area is 169 Å². The van der Waals surface area contributed by atoms with E-state index in [-0.39, 0.29) is 6.04 Å². The van der Waals surface area contributed by atoms with Crippen molar-refractivity contribution in [2.45, 2.75) is 18.9 Å². The van der Waals surface area contributed by atoms with Gasteiger partial charge in [0.2, 0.25) is 0 Å². The van der Waals surface area contributed by atoms with Gasteiger partial charge in [-0.15, -0.1) is 0 Å². The summed E-state index contributed by atoms with van der Waals surface area (Å²) >= 11 is 12.8. The van der Waals surface area contributed by atoms with Gasteiger partial charge in [0, 0.05) is 21.5 Å². The lowest BCUT2D eigenvalue weighted by Crippen LogP contribution is -2.29. The molecule has 0 unspecified atom stereocenters. The van der Waals surface area contributed by atoms with E-state index in [2.05, 4.69) is 41.4 Å². The van der Waals surface area contributed by atoms with Gasteiger partial charge in [-0.1, -0.05) is 71.7 Å². The number of anilines is 1. The summed E-state index contributed by atoms with van der Waals surface area (Å²) < 4.78 is 0. The van der Waals surface area contributed by atoms with Crippen LogP contribution in [0.25, 0.3) is 0 Å². The summed E-state index contributed by atoms with van der Waals surface area (Å²) in [4.78, 5) is 0. The summed E-state index contributed by atoms with van der Waals surface area (Å²) in [6, 6.07) is 24.8. The highest BCUT2D eigenvalue weighted by molar-refractivity contribution is 6.35. The minimum absolute atomic E-state index is 0.0699. The predicted octanol–water partition coefficient (Wildman–Crippen LogP) is 6.52. The summed E-state index contributed by atoms with van der Waals surface area (Å²) in [5.74, 6) is 0.304. The first-order valence-electron chi connectivity index (χ1n) is 9.18. The quantitative estimate of drug-likeness (QED) is 0.484. The third-order valence-electron chi connectivity index (χ3n) is 5.53. The van der Waals surface area contributed by atoms with E-state index in [1.54, 1.807) is 0 Å². The van der Waals surface area contributed by atoms with E-state index in [9.17, 15) is 0 Å². The van der Waals surface area contributed by atoms with Crippen molar-refractivity contribution in [3.63, 3.8) is 0 Å². The second kappa shape index (κ2) is 6.70. The molecule has 134 valence electrons. The number of rotatable bonds is 2. The molecule has 0 amide bonds. The summed E-state index contributed by atoms with van der Waals surface area (Å²) in [6.07, 6.45) is 2.12. The minimum atomic E-state index is 0.0699. The lowest BCUT2D eigenvalue weighted by molar-refractivity contribution is 0.510. The maximum Gasteiger partial charge on any atom is 0.0874 e. The van der Waals surface area contributed by atoms with Crippen LogP contribution in [0, 0.1) is 5.92 Å². The molecule has 2 atom stereocenters. The second-order valence-corrected chi connectivity index (χ2v) is 7.92. The molecule has 0 saturated heterocycles. The highest BCUT2D eigenvalue weighted by Gasteiger charge is 2.42. The molecule has 0 saturated carbocycles. The molecular weight excluding hydrogens is 375 g/mol. The fourth-order valence-electron chi connectivity index (χ4n) is 4.31. The lowest BCUT2D eigenvalue weighted by atomic mass is 9.77. The number of benzene rings is 3. The van der Waals surface area contributed by atoms with Crippen molar-refractivity contribution in [1.82, 2.24) is 0 Å². The number of halogens is 2. The predicted molar refractivity (Wildman–Crippen MR) is 113 cm³/mol. The zero-order valence-electron chi connectivity index (χ0n) is 14.6. The van der Waals surface area contributed by atoms with Crippen LogP contribution in [0.2, 0.25) is 10.0 Å². The zero-order valence-corrected chi connectivity index (χ0v) is 16.2. The Kier molecular flexibility index (Phi) is 4.18. The topological polar surface area (TPSA) is 15.6 Å². The molecule has 3 aromatic carbocycles. The van der Waals surface area contributed by atoms with E-state index in [1.807, 2.05) is 36.4 Å². The van der Waals surface area contributed by atoms with Gasteiger partial charge in [0.25, 0.3) is 0 Å². The van der Waals surface area contributed by atoms with Gasteiger partial charge in [-0.2, -0.15) is 5.10 Å². The Morgan fingerprint density at radius 3 is 2.48 bits per heavy atom. The van der Waals surface area contributed by atoms with Crippen LogP contribution < -0.4 is 5.01 Å². The molecule has 1 aliphatic carbocycles. The molecule has 3 aromatic rings. The molecule has 1 aliphatic heterocycles. The molecule has 0 N–H and O–H groups in total. The van der Waals surface area contributed by atoms with Gasteiger partial charge in [-0.3, -0.25) is 5.01 Å². The van der Waals surface area contributed by atoms with E-state index in [0.717, 1.165) is 29.8 Å². The first-order valence-corrected chi connectivity index (χ1v) is 9.94. The first-order chi connectivity index (χ1) is 13.2. The second-order valence-electron chi connectivity index (χ2n) is 7.08. The smallest absolute Gasteiger partial charge is 0.0874 e. The molecule has 2 aliphatic rings. The monoisotopic (exact) mass is 392 g/mol. The largest absolute Gasteiger partial charge is 0.257 e. The first kappa shape index (κ1) is 16.9. The molecule has 0 aromatic heterocycles. The van der Waals surface area contributed by atoms with Crippen LogP contribution in [0.3, 0.4) is 0 Å². The zero-order chi connectivity index (χ0) is 18.4. The van der Waals surface area contributed by atoms with Crippen molar-refractivity contribution in [2.75, 3.05) is 5.01 Å². The maximum absolute atomic E-state index is 6.63. The number of hydrogen-bond acceptors (Lipinski definition) is 2. The van der Waals surface area contributed by atoms with Gasteiger partial charge >= 0.3 is 0 Å². The Balaban J connectivity index is 1.67. The average Bonchev–Trinajstić information content (AvgIpc) is 3.08. The van der Waals surface area contributed by atoms with Crippen molar-refractivity contribution in [3.05, 3.63) is 99.5 Å². The lowest BCUT2D eigenvalue weighted by Gasteiger charge is -2.31. The van der Waals surface area contributed by atoms with E-state index >= 15 is 0 Å². The third-order valence-corrected chi connectivity index (χ3v) is 6.09. The molecule has 2 nitrogen and oxygen atoms in total. The van der Waals surface area contributed by atoms with E-state index in [0.29, 0.717) is 16.0 Å². The van der Waals surface area contributed by atoms with Gasteiger partial charge in [0.15, 0.2) is 0 Å². The Morgan fingerprint density at radius 2 is 1.67 bits per heavy atom. The van der Waals surface area contributed by atoms with E-state index in [4.69, 9.17) is 28.3 Å². The van der Waals surface area contributed by atoms with Crippen LogP contribution in [0.1, 0.15) is 29.2 Å². The molecular formula is C23H18Cl2N2. The SMILES string of the molecule is Clc1ccc([C@H]2[C@@H]3CCc4ccccc4C3=NN2c2ccccc2)c(Cl)c1. The Bertz CT molecular complexity index is 1030. The van der Waals surface area contributed by atoms with Crippen molar-refractivity contribution in [2.24, 2.45) is 11.0 Å². The van der Waals surface area contributed by atoms with Crippen molar-refractivity contribution >= 4 is 34.6 Å². The highest BCUT2D eigenvalue weighted by atomic mass is 35.5. The summed E-state index contributed by atoms with van der Waals surface area (Å²) in [5.41, 5.74) is 5.96. The third kappa shape index (κ3) is 2.84. The fraction of sp³-hybridized carbons (Fsp3) is 0.174. The molecule has 5 rings (SSSR count). The molecule has 0 spiro atoms. The van der Waals surface area contributed by atoms with Crippen LogP contribution in [-0.4, -0.2) is 5.71 Å². The van der Waals surface area contributed by atoms with Gasteiger partial charge in [-0.25, -0.2) is 0 Å². The minimum Gasteiger partial charge on any atom is -0.257 e. The number of hydrazone groups is 1. The van der Waals surface area contributed by atoms with Crippen LogP contribution in [0.4, 0.5) is 5.69 Å². The van der Waals surface area contributed by atoms with Crippen molar-refractivity contribution in [3.8, 4) is 0 Å². The standard InChI is InChI=1S/C23H18Cl2N2/c24-16-11-13-19(21(25)14-16)23-20-12-10-15-6-4-5-9-18(15)22(20)26-27(23)17-7-2-1-3-8-17/h1-9,11,13-14,20,23H,10,12H2/t20-,23+/m1/s1. The molecule has 0 bridgehead atoms. The highest BCUT2D eigenvalue weighted by Crippen LogP contribution is 2.47. The van der Waals surface area contributed by atoms with Gasteiger partial charge in [-0.05, 0) is 48.2 Å². The summed E-state index contributed by atoms with van der Waals surface area (Å²) in [5, 5.41) is 8.59. The summed E-state index contributed by atoms with van der Waals surface area (Å²) in [6.45, 7) is 0. The van der Waals surface area contributed by atoms with E-state index in [1.165, 1.54) is 11.1 Å². The number of nitrogens with zero attached hydrogens (tertiary/aromatic N) is 2. The Morgan fingerprint density at radius 1 is 0.889 bits per heavy atom. The number of para-hydroxylation sites is 1. The summed E-state index contributed by atoms with van der Waals surface area (Å²) in [7, 11) is 0. The number of fused-ring (bicyclic) bond motifs is 3. The van der Waals surface area contributed by atoms with Crippen LogP contribution in [0.15, 0.2) is 77.9 Å². The number of aryl methyl sites for hydroxylation is 1. The number of hydrogen-bond donors (Lipinski definition) is 0.